The third-order valence-corrected chi connectivity index (χ3v) is 6.69. The number of fused-ring (bicyclic) bond motifs is 3. The van der Waals surface area contributed by atoms with Gasteiger partial charge in [-0.3, -0.25) is 4.79 Å². The van der Waals surface area contributed by atoms with Gasteiger partial charge in [-0.2, -0.15) is 0 Å². The Morgan fingerprint density at radius 2 is 1.89 bits per heavy atom. The van der Waals surface area contributed by atoms with Crippen molar-refractivity contribution in [1.29, 1.82) is 0 Å². The molecule has 2 N–H and O–H groups in total. The fourth-order valence-electron chi connectivity index (χ4n) is 4.88. The van der Waals surface area contributed by atoms with E-state index in [2.05, 4.69) is 17.6 Å². The number of hydrogen-bond donors (Lipinski definition) is 2. The van der Waals surface area contributed by atoms with Crippen LogP contribution in [0, 0.1) is 0 Å². The molecule has 0 saturated heterocycles. The highest BCUT2D eigenvalue weighted by atomic mass is 16.5. The van der Waals surface area contributed by atoms with E-state index in [1.54, 1.807) is 33.7 Å². The molecule has 4 rings (SSSR count). The molecule has 1 heterocycles. The standard InChI is InChI=1S/C28H34N2O5/c1-17(8-10-19-7-6-14-35-19)30-23-13-11-20-21(16-24(23)31)22(29-2)12-9-18-15-25(32-3)27(33-4)28(34-5)26(18)20/h6-7,11,13-17,22,29H,8-10,12H2,1-5H3,(H,30,31)/t17?,22-/m0/s1. The van der Waals surface area contributed by atoms with E-state index in [0.717, 1.165) is 53.7 Å². The van der Waals surface area contributed by atoms with Gasteiger partial charge in [0.1, 0.15) is 5.76 Å². The quantitative estimate of drug-likeness (QED) is 0.449. The van der Waals surface area contributed by atoms with Crippen LogP contribution in [0.3, 0.4) is 0 Å². The fourth-order valence-corrected chi connectivity index (χ4v) is 4.88. The van der Waals surface area contributed by atoms with Crippen molar-refractivity contribution in [1.82, 2.24) is 5.32 Å². The van der Waals surface area contributed by atoms with Gasteiger partial charge in [0.2, 0.25) is 11.2 Å². The number of hydrogen-bond acceptors (Lipinski definition) is 7. The lowest BCUT2D eigenvalue weighted by Gasteiger charge is -2.19. The van der Waals surface area contributed by atoms with Gasteiger partial charge in [0.05, 0.1) is 33.3 Å². The highest BCUT2D eigenvalue weighted by molar-refractivity contribution is 5.83. The lowest BCUT2D eigenvalue weighted by Crippen LogP contribution is -2.21. The van der Waals surface area contributed by atoms with E-state index in [1.165, 1.54) is 0 Å². The Morgan fingerprint density at radius 1 is 1.09 bits per heavy atom. The lowest BCUT2D eigenvalue weighted by atomic mass is 9.95. The summed E-state index contributed by atoms with van der Waals surface area (Å²) in [4.78, 5) is 13.3. The summed E-state index contributed by atoms with van der Waals surface area (Å²) in [6.45, 7) is 2.08. The van der Waals surface area contributed by atoms with Gasteiger partial charge in [0.15, 0.2) is 11.5 Å². The molecular formula is C28H34N2O5. The molecule has 1 aliphatic rings. The van der Waals surface area contributed by atoms with Crippen molar-refractivity contribution >= 4 is 5.69 Å². The molecule has 0 radical (unpaired) electrons. The van der Waals surface area contributed by atoms with Crippen LogP contribution in [0.2, 0.25) is 0 Å². The summed E-state index contributed by atoms with van der Waals surface area (Å²) in [6.07, 6.45) is 4.97. The Labute approximate surface area is 206 Å². The average molecular weight is 479 g/mol. The van der Waals surface area contributed by atoms with Crippen LogP contribution in [0.15, 0.2) is 51.9 Å². The third kappa shape index (κ3) is 5.00. The van der Waals surface area contributed by atoms with Gasteiger partial charge >= 0.3 is 0 Å². The molecule has 0 aliphatic heterocycles. The number of ether oxygens (including phenoxy) is 3. The Morgan fingerprint density at radius 3 is 2.54 bits per heavy atom. The molecular weight excluding hydrogens is 444 g/mol. The number of anilines is 1. The van der Waals surface area contributed by atoms with Gasteiger partial charge in [-0.15, -0.1) is 0 Å². The minimum Gasteiger partial charge on any atom is -0.493 e. The smallest absolute Gasteiger partial charge is 0.203 e. The number of nitrogens with one attached hydrogen (secondary N) is 2. The first-order valence-corrected chi connectivity index (χ1v) is 12.0. The van der Waals surface area contributed by atoms with Crippen LogP contribution in [0.1, 0.15) is 42.7 Å². The summed E-state index contributed by atoms with van der Waals surface area (Å²) in [6, 6.07) is 11.6. The number of benzene rings is 1. The van der Waals surface area contributed by atoms with Crippen molar-refractivity contribution < 1.29 is 18.6 Å². The normalized spacial score (nSPS) is 15.4. The van der Waals surface area contributed by atoms with Crippen molar-refractivity contribution in [3.05, 3.63) is 69.8 Å². The third-order valence-electron chi connectivity index (χ3n) is 6.69. The Bertz CT molecular complexity index is 1220. The molecule has 35 heavy (non-hydrogen) atoms. The van der Waals surface area contributed by atoms with E-state index >= 15 is 0 Å². The molecule has 2 atom stereocenters. The van der Waals surface area contributed by atoms with Crippen molar-refractivity contribution in [3.8, 4) is 28.4 Å². The predicted molar refractivity (Wildman–Crippen MR) is 138 cm³/mol. The zero-order chi connectivity index (χ0) is 24.9. The summed E-state index contributed by atoms with van der Waals surface area (Å²) < 4.78 is 22.5. The second kappa shape index (κ2) is 10.9. The van der Waals surface area contributed by atoms with Crippen molar-refractivity contribution in [3.63, 3.8) is 0 Å². The van der Waals surface area contributed by atoms with Crippen molar-refractivity contribution in [2.24, 2.45) is 0 Å². The SMILES string of the molecule is CN[C@H]1CCc2cc(OC)c(OC)c(OC)c2-c2ccc(NC(C)CCc3ccco3)c(=O)cc21. The Kier molecular flexibility index (Phi) is 7.66. The second-order valence-corrected chi connectivity index (χ2v) is 8.85. The fraction of sp³-hybridized carbons (Fsp3) is 0.393. The monoisotopic (exact) mass is 478 g/mol. The molecule has 1 unspecified atom stereocenters. The van der Waals surface area contributed by atoms with E-state index in [9.17, 15) is 4.79 Å². The maximum Gasteiger partial charge on any atom is 0.203 e. The molecule has 2 aromatic carbocycles. The molecule has 7 heteroatoms. The first-order valence-electron chi connectivity index (χ1n) is 12.0. The average Bonchev–Trinajstić information content (AvgIpc) is 3.29. The molecule has 7 nitrogen and oxygen atoms in total. The molecule has 0 bridgehead atoms. The van der Waals surface area contributed by atoms with Crippen LogP contribution in [-0.4, -0.2) is 34.4 Å². The number of rotatable bonds is 9. The first kappa shape index (κ1) is 24.7. The van der Waals surface area contributed by atoms with E-state index < -0.39 is 0 Å². The molecule has 0 spiro atoms. The maximum atomic E-state index is 13.3. The minimum absolute atomic E-state index is 0.0171. The van der Waals surface area contributed by atoms with E-state index in [0.29, 0.717) is 22.9 Å². The number of aryl methyl sites for hydroxylation is 2. The predicted octanol–water partition coefficient (Wildman–Crippen LogP) is 4.97. The highest BCUT2D eigenvalue weighted by Gasteiger charge is 2.28. The first-order chi connectivity index (χ1) is 17.0. The second-order valence-electron chi connectivity index (χ2n) is 8.85. The van der Waals surface area contributed by atoms with Crippen LogP contribution < -0.4 is 30.3 Å². The molecule has 0 fully saturated rings. The summed E-state index contributed by atoms with van der Waals surface area (Å²) in [5.74, 6) is 2.72. The topological polar surface area (TPSA) is 82.0 Å². The van der Waals surface area contributed by atoms with Crippen LogP contribution in [0.4, 0.5) is 5.69 Å². The Hall–Kier alpha value is -3.45. The minimum atomic E-state index is -0.0424. The van der Waals surface area contributed by atoms with Crippen molar-refractivity contribution in [2.75, 3.05) is 33.7 Å². The summed E-state index contributed by atoms with van der Waals surface area (Å²) in [5, 5.41) is 6.80. The van der Waals surface area contributed by atoms with Gasteiger partial charge in [-0.1, -0.05) is 6.07 Å². The zero-order valence-electron chi connectivity index (χ0n) is 21.1. The largest absolute Gasteiger partial charge is 0.493 e. The van der Waals surface area contributed by atoms with Crippen LogP contribution in [0.5, 0.6) is 17.2 Å². The molecule has 1 aliphatic carbocycles. The number of furan rings is 1. The summed E-state index contributed by atoms with van der Waals surface area (Å²) in [5.41, 5.74) is 4.45. The summed E-state index contributed by atoms with van der Waals surface area (Å²) >= 11 is 0. The van der Waals surface area contributed by atoms with Gasteiger partial charge < -0.3 is 29.3 Å². The molecule has 1 aromatic heterocycles. The van der Waals surface area contributed by atoms with Crippen LogP contribution in [-0.2, 0) is 12.8 Å². The van der Waals surface area contributed by atoms with Gasteiger partial charge in [0.25, 0.3) is 0 Å². The van der Waals surface area contributed by atoms with Gasteiger partial charge in [0, 0.05) is 24.1 Å². The number of methoxy groups -OCH3 is 3. The van der Waals surface area contributed by atoms with E-state index in [4.69, 9.17) is 18.6 Å². The zero-order valence-corrected chi connectivity index (χ0v) is 21.1. The van der Waals surface area contributed by atoms with Crippen LogP contribution >= 0.6 is 0 Å². The van der Waals surface area contributed by atoms with E-state index in [1.807, 2.05) is 37.4 Å². The van der Waals surface area contributed by atoms with E-state index in [-0.39, 0.29) is 17.5 Å². The van der Waals surface area contributed by atoms with Gasteiger partial charge in [-0.25, -0.2) is 0 Å². The Balaban J connectivity index is 1.79. The molecule has 3 aromatic rings. The van der Waals surface area contributed by atoms with Crippen molar-refractivity contribution in [2.45, 2.75) is 44.7 Å². The maximum absolute atomic E-state index is 13.3. The summed E-state index contributed by atoms with van der Waals surface area (Å²) in [7, 11) is 6.79. The molecule has 0 saturated carbocycles. The van der Waals surface area contributed by atoms with Crippen LogP contribution in [0.25, 0.3) is 11.1 Å². The highest BCUT2D eigenvalue weighted by Crippen LogP contribution is 2.50. The van der Waals surface area contributed by atoms with Gasteiger partial charge in [-0.05, 0) is 80.3 Å². The molecule has 0 amide bonds. The lowest BCUT2D eigenvalue weighted by molar-refractivity contribution is 0.324. The molecule has 186 valence electrons.